The first-order chi connectivity index (χ1) is 14.2. The van der Waals surface area contributed by atoms with Crippen LogP contribution in [0.1, 0.15) is 11.1 Å². The molecule has 0 radical (unpaired) electrons. The van der Waals surface area contributed by atoms with Crippen LogP contribution < -0.4 is 15.8 Å². The van der Waals surface area contributed by atoms with E-state index in [1.807, 2.05) is 42.5 Å². The highest BCUT2D eigenvalue weighted by Gasteiger charge is 2.04. The Bertz CT molecular complexity index is 1100. The van der Waals surface area contributed by atoms with Crippen LogP contribution in [0.5, 0.6) is 5.75 Å². The first-order valence-electron chi connectivity index (χ1n) is 9.38. The molecule has 0 amide bonds. The molecule has 0 atom stereocenters. The van der Waals surface area contributed by atoms with Crippen LogP contribution >= 0.6 is 0 Å². The molecule has 0 fully saturated rings. The number of fused-ring (bicyclic) bond motifs is 1. The van der Waals surface area contributed by atoms with Gasteiger partial charge in [-0.2, -0.15) is 0 Å². The van der Waals surface area contributed by atoms with E-state index in [1.165, 1.54) is 17.7 Å². The maximum absolute atomic E-state index is 12.9. The summed E-state index contributed by atoms with van der Waals surface area (Å²) in [4.78, 5) is 8.59. The maximum atomic E-state index is 12.9. The predicted octanol–water partition coefficient (Wildman–Crippen LogP) is 4.58. The first kappa shape index (κ1) is 18.7. The summed E-state index contributed by atoms with van der Waals surface area (Å²) in [5.74, 6) is 1.31. The summed E-state index contributed by atoms with van der Waals surface area (Å²) in [7, 11) is 0. The van der Waals surface area contributed by atoms with Gasteiger partial charge in [-0.3, -0.25) is 0 Å². The number of aromatic nitrogens is 2. The molecule has 0 aliphatic rings. The number of hydrogen-bond acceptors (Lipinski definition) is 5. The van der Waals surface area contributed by atoms with E-state index in [0.717, 1.165) is 41.0 Å². The highest BCUT2D eigenvalue weighted by Crippen LogP contribution is 2.22. The molecule has 1 heterocycles. The molecule has 146 valence electrons. The van der Waals surface area contributed by atoms with E-state index in [4.69, 9.17) is 10.5 Å². The van der Waals surface area contributed by atoms with Crippen LogP contribution in [-0.4, -0.2) is 16.5 Å². The average Bonchev–Trinajstić information content (AvgIpc) is 2.74. The van der Waals surface area contributed by atoms with Crippen LogP contribution in [0.3, 0.4) is 0 Å². The molecule has 0 unspecified atom stereocenters. The standard InChI is InChI=1S/C23H21FN4O/c24-18-5-1-17(2-6-18)14-29-20-8-3-16(4-9-20)11-12-26-23-21-13-19(25)7-10-22(21)27-15-28-23/h1-10,13,15H,11-12,14,25H2,(H,26,27,28). The Morgan fingerprint density at radius 1 is 0.897 bits per heavy atom. The smallest absolute Gasteiger partial charge is 0.137 e. The number of ether oxygens (including phenoxy) is 1. The summed E-state index contributed by atoms with van der Waals surface area (Å²) in [6.45, 7) is 1.14. The van der Waals surface area contributed by atoms with Gasteiger partial charge >= 0.3 is 0 Å². The second-order valence-electron chi connectivity index (χ2n) is 6.73. The van der Waals surface area contributed by atoms with E-state index >= 15 is 0 Å². The van der Waals surface area contributed by atoms with Crippen LogP contribution in [0.2, 0.25) is 0 Å². The highest BCUT2D eigenvalue weighted by molar-refractivity contribution is 5.91. The number of nitrogens with zero attached hydrogens (tertiary/aromatic N) is 2. The Balaban J connectivity index is 1.31. The Morgan fingerprint density at radius 3 is 2.45 bits per heavy atom. The third-order valence-corrected chi connectivity index (χ3v) is 4.61. The van der Waals surface area contributed by atoms with Gasteiger partial charge in [0.25, 0.3) is 0 Å². The number of halogens is 1. The van der Waals surface area contributed by atoms with Gasteiger partial charge in [0.2, 0.25) is 0 Å². The van der Waals surface area contributed by atoms with Crippen LogP contribution in [0.4, 0.5) is 15.9 Å². The van der Waals surface area contributed by atoms with Gasteiger partial charge in [0.15, 0.2) is 0 Å². The minimum atomic E-state index is -0.245. The van der Waals surface area contributed by atoms with Crippen molar-refractivity contribution in [1.29, 1.82) is 0 Å². The second kappa shape index (κ2) is 8.56. The van der Waals surface area contributed by atoms with Crippen molar-refractivity contribution in [3.8, 4) is 5.75 Å². The zero-order valence-electron chi connectivity index (χ0n) is 15.8. The molecule has 0 aliphatic heterocycles. The van der Waals surface area contributed by atoms with Gasteiger partial charge in [0.05, 0.1) is 5.52 Å². The topological polar surface area (TPSA) is 73.1 Å². The van der Waals surface area contributed by atoms with Gasteiger partial charge in [0, 0.05) is 17.6 Å². The number of anilines is 2. The third kappa shape index (κ3) is 4.79. The monoisotopic (exact) mass is 388 g/mol. The zero-order valence-corrected chi connectivity index (χ0v) is 15.8. The van der Waals surface area contributed by atoms with Crippen molar-refractivity contribution in [2.45, 2.75) is 13.0 Å². The normalized spacial score (nSPS) is 10.8. The van der Waals surface area contributed by atoms with Crippen molar-refractivity contribution in [3.05, 3.63) is 90.0 Å². The summed E-state index contributed by atoms with van der Waals surface area (Å²) in [6.07, 6.45) is 2.39. The molecule has 3 N–H and O–H groups in total. The van der Waals surface area contributed by atoms with Crippen molar-refractivity contribution in [2.24, 2.45) is 0 Å². The molecule has 4 rings (SSSR count). The minimum Gasteiger partial charge on any atom is -0.489 e. The van der Waals surface area contributed by atoms with Crippen molar-refractivity contribution in [3.63, 3.8) is 0 Å². The molecule has 5 nitrogen and oxygen atoms in total. The van der Waals surface area contributed by atoms with Gasteiger partial charge in [-0.1, -0.05) is 24.3 Å². The third-order valence-electron chi connectivity index (χ3n) is 4.61. The van der Waals surface area contributed by atoms with Crippen molar-refractivity contribution < 1.29 is 9.13 Å². The van der Waals surface area contributed by atoms with Gasteiger partial charge in [-0.05, 0) is 60.0 Å². The Kier molecular flexibility index (Phi) is 5.52. The van der Waals surface area contributed by atoms with E-state index in [0.29, 0.717) is 12.3 Å². The zero-order chi connectivity index (χ0) is 20.1. The van der Waals surface area contributed by atoms with Gasteiger partial charge in [0.1, 0.15) is 30.3 Å². The fourth-order valence-corrected chi connectivity index (χ4v) is 3.04. The number of nitrogens with one attached hydrogen (secondary N) is 1. The molecule has 0 saturated carbocycles. The minimum absolute atomic E-state index is 0.245. The van der Waals surface area contributed by atoms with E-state index in [2.05, 4.69) is 15.3 Å². The lowest BCUT2D eigenvalue weighted by Gasteiger charge is -2.10. The fraction of sp³-hybridized carbons (Fsp3) is 0.130. The van der Waals surface area contributed by atoms with Crippen molar-refractivity contribution in [1.82, 2.24) is 9.97 Å². The van der Waals surface area contributed by atoms with Crippen LogP contribution in [0.25, 0.3) is 10.9 Å². The van der Waals surface area contributed by atoms with E-state index in [9.17, 15) is 4.39 Å². The molecular weight excluding hydrogens is 367 g/mol. The fourth-order valence-electron chi connectivity index (χ4n) is 3.04. The number of hydrogen-bond donors (Lipinski definition) is 2. The van der Waals surface area contributed by atoms with Crippen molar-refractivity contribution in [2.75, 3.05) is 17.6 Å². The molecule has 0 spiro atoms. The lowest BCUT2D eigenvalue weighted by Crippen LogP contribution is -2.07. The number of nitrogens with two attached hydrogens (primary N) is 1. The molecule has 0 aliphatic carbocycles. The molecule has 6 heteroatoms. The maximum Gasteiger partial charge on any atom is 0.137 e. The molecule has 3 aromatic carbocycles. The van der Waals surface area contributed by atoms with Gasteiger partial charge in [-0.15, -0.1) is 0 Å². The van der Waals surface area contributed by atoms with Crippen molar-refractivity contribution >= 4 is 22.4 Å². The lowest BCUT2D eigenvalue weighted by atomic mass is 10.1. The van der Waals surface area contributed by atoms with Crippen LogP contribution in [0.15, 0.2) is 73.1 Å². The summed E-state index contributed by atoms with van der Waals surface area (Å²) in [5, 5.41) is 4.27. The van der Waals surface area contributed by atoms with Crippen LogP contribution in [-0.2, 0) is 13.0 Å². The summed E-state index contributed by atoms with van der Waals surface area (Å²) in [5.41, 5.74) is 9.54. The summed E-state index contributed by atoms with van der Waals surface area (Å²) < 4.78 is 18.7. The van der Waals surface area contributed by atoms with E-state index < -0.39 is 0 Å². The number of nitrogen functional groups attached to an aromatic ring is 1. The Labute approximate surface area is 168 Å². The molecular formula is C23H21FN4O. The first-order valence-corrected chi connectivity index (χ1v) is 9.38. The number of benzene rings is 3. The predicted molar refractivity (Wildman–Crippen MR) is 113 cm³/mol. The van der Waals surface area contributed by atoms with E-state index in [-0.39, 0.29) is 5.82 Å². The molecule has 29 heavy (non-hydrogen) atoms. The van der Waals surface area contributed by atoms with Gasteiger partial charge < -0.3 is 15.8 Å². The number of rotatable bonds is 7. The lowest BCUT2D eigenvalue weighted by molar-refractivity contribution is 0.306. The molecule has 0 saturated heterocycles. The molecule has 0 bridgehead atoms. The molecule has 4 aromatic rings. The average molecular weight is 388 g/mol. The highest BCUT2D eigenvalue weighted by atomic mass is 19.1. The van der Waals surface area contributed by atoms with E-state index in [1.54, 1.807) is 18.5 Å². The summed E-state index contributed by atoms with van der Waals surface area (Å²) in [6, 6.07) is 19.9. The SMILES string of the molecule is Nc1ccc2ncnc(NCCc3ccc(OCc4ccc(F)cc4)cc3)c2c1. The quantitative estimate of drug-likeness (QED) is 0.453. The second-order valence-corrected chi connectivity index (χ2v) is 6.73. The Morgan fingerprint density at radius 2 is 1.66 bits per heavy atom. The molecule has 1 aromatic heterocycles. The van der Waals surface area contributed by atoms with Gasteiger partial charge in [-0.25, -0.2) is 14.4 Å². The Hall–Kier alpha value is -3.67. The summed E-state index contributed by atoms with van der Waals surface area (Å²) >= 11 is 0. The van der Waals surface area contributed by atoms with Crippen LogP contribution in [0, 0.1) is 5.82 Å². The largest absolute Gasteiger partial charge is 0.489 e.